The van der Waals surface area contributed by atoms with Crippen molar-refractivity contribution in [2.24, 2.45) is 0 Å². The van der Waals surface area contributed by atoms with E-state index in [2.05, 4.69) is 10.6 Å². The highest BCUT2D eigenvalue weighted by Gasteiger charge is 2.36. The van der Waals surface area contributed by atoms with Gasteiger partial charge in [-0.1, -0.05) is 54.1 Å². The second-order valence-corrected chi connectivity index (χ2v) is 10.6. The first kappa shape index (κ1) is 31.1. The molecule has 0 bridgehead atoms. The average Bonchev–Trinajstić information content (AvgIpc) is 2.94. The normalized spacial score (nSPS) is 11.3. The summed E-state index contributed by atoms with van der Waals surface area (Å²) in [5.74, 6) is 0. The number of benzene rings is 3. The molecule has 0 saturated heterocycles. The molecule has 1 heterocycles. The molecule has 0 radical (unpaired) electrons. The summed E-state index contributed by atoms with van der Waals surface area (Å²) in [6.07, 6.45) is -4.90. The van der Waals surface area contributed by atoms with Gasteiger partial charge in [0.25, 0.3) is 5.56 Å². The first-order chi connectivity index (χ1) is 20.4. The van der Waals surface area contributed by atoms with Gasteiger partial charge in [0.05, 0.1) is 17.8 Å². The van der Waals surface area contributed by atoms with Crippen LogP contribution in [0.25, 0.3) is 22.4 Å². The van der Waals surface area contributed by atoms with Crippen LogP contribution in [-0.2, 0) is 12.7 Å². The maximum Gasteiger partial charge on any atom is 0.417 e. The number of likely N-dealkylation sites (N-methyl/N-ethyl adjacent to an activating group) is 1. The number of aryl methyl sites for hydroxylation is 2. The minimum Gasteiger partial charge on any atom is -0.337 e. The van der Waals surface area contributed by atoms with Gasteiger partial charge < -0.3 is 20.1 Å². The Hall–Kier alpha value is -4.88. The molecule has 0 aliphatic rings. The van der Waals surface area contributed by atoms with Gasteiger partial charge in [-0.25, -0.2) is 4.79 Å². The second kappa shape index (κ2) is 13.0. The van der Waals surface area contributed by atoms with Crippen molar-refractivity contribution in [3.8, 4) is 28.5 Å². The van der Waals surface area contributed by atoms with Crippen molar-refractivity contribution < 1.29 is 18.0 Å². The Labute approximate surface area is 248 Å². The monoisotopic (exact) mass is 587 g/mol. The SMILES string of the molecule is Cc1ccc(Cn2c(-c3cccc(-c4cccc(NC(=O)NCCN(C)C)c4)c3)cc(C(F)(F)F)c(C#N)c2=O)c(C)c1. The van der Waals surface area contributed by atoms with Crippen molar-refractivity contribution in [1.82, 2.24) is 14.8 Å². The Morgan fingerprint density at radius 2 is 1.63 bits per heavy atom. The zero-order valence-corrected chi connectivity index (χ0v) is 24.3. The zero-order chi connectivity index (χ0) is 31.3. The van der Waals surface area contributed by atoms with E-state index in [0.29, 0.717) is 35.5 Å². The molecule has 222 valence electrons. The molecule has 0 saturated carbocycles. The van der Waals surface area contributed by atoms with Crippen LogP contribution in [0.4, 0.5) is 23.7 Å². The predicted molar refractivity (Wildman–Crippen MR) is 162 cm³/mol. The van der Waals surface area contributed by atoms with Crippen molar-refractivity contribution in [2.45, 2.75) is 26.6 Å². The molecule has 7 nitrogen and oxygen atoms in total. The zero-order valence-electron chi connectivity index (χ0n) is 24.3. The fraction of sp³-hybridized carbons (Fsp3) is 0.242. The number of halogens is 3. The molecule has 4 rings (SSSR count). The number of aromatic nitrogens is 1. The van der Waals surface area contributed by atoms with Crippen LogP contribution in [0.2, 0.25) is 0 Å². The Bertz CT molecular complexity index is 1750. The van der Waals surface area contributed by atoms with Gasteiger partial charge in [-0.15, -0.1) is 0 Å². The number of pyridine rings is 1. The van der Waals surface area contributed by atoms with Crippen LogP contribution in [0.15, 0.2) is 77.6 Å². The van der Waals surface area contributed by atoms with Crippen LogP contribution in [0.1, 0.15) is 27.8 Å². The highest BCUT2D eigenvalue weighted by atomic mass is 19.4. The van der Waals surface area contributed by atoms with Crippen molar-refractivity contribution in [1.29, 1.82) is 5.26 Å². The van der Waals surface area contributed by atoms with Gasteiger partial charge in [0.2, 0.25) is 0 Å². The molecule has 43 heavy (non-hydrogen) atoms. The van der Waals surface area contributed by atoms with E-state index >= 15 is 0 Å². The third kappa shape index (κ3) is 7.50. The average molecular weight is 588 g/mol. The lowest BCUT2D eigenvalue weighted by atomic mass is 9.98. The number of nitriles is 1. The molecule has 0 atom stereocenters. The van der Waals surface area contributed by atoms with Gasteiger partial charge in [-0.3, -0.25) is 4.79 Å². The standard InChI is InChI=1S/C33H32F3N5O2/c1-21-11-12-26(22(2)15-21)20-41-30(18-29(33(34,35)36)28(19-37)31(41)42)25-9-5-7-23(16-25)24-8-6-10-27(17-24)39-32(43)38-13-14-40(3)4/h5-12,15-18H,13-14,20H2,1-4H3,(H2,38,39,43). The first-order valence-corrected chi connectivity index (χ1v) is 13.6. The lowest BCUT2D eigenvalue weighted by molar-refractivity contribution is -0.137. The van der Waals surface area contributed by atoms with Gasteiger partial charge in [0, 0.05) is 18.8 Å². The molecule has 10 heteroatoms. The van der Waals surface area contributed by atoms with Crippen molar-refractivity contribution >= 4 is 11.7 Å². The largest absolute Gasteiger partial charge is 0.417 e. The van der Waals surface area contributed by atoms with Gasteiger partial charge in [-0.05, 0) is 80.0 Å². The summed E-state index contributed by atoms with van der Waals surface area (Å²) in [4.78, 5) is 27.7. The molecule has 3 aromatic carbocycles. The van der Waals surface area contributed by atoms with Crippen LogP contribution in [-0.4, -0.2) is 42.7 Å². The molecule has 2 N–H and O–H groups in total. The molecule has 1 aromatic heterocycles. The van der Waals surface area contributed by atoms with E-state index in [4.69, 9.17) is 0 Å². The number of nitrogens with one attached hydrogen (secondary N) is 2. The molecule has 0 spiro atoms. The predicted octanol–water partition coefficient (Wildman–Crippen LogP) is 6.42. The number of nitrogens with zero attached hydrogens (tertiary/aromatic N) is 3. The van der Waals surface area contributed by atoms with Crippen LogP contribution in [0.3, 0.4) is 0 Å². The number of hydrogen-bond donors (Lipinski definition) is 2. The van der Waals surface area contributed by atoms with Gasteiger partial charge in [-0.2, -0.15) is 18.4 Å². The number of hydrogen-bond acceptors (Lipinski definition) is 4. The lowest BCUT2D eigenvalue weighted by Gasteiger charge is -2.19. The summed E-state index contributed by atoms with van der Waals surface area (Å²) >= 11 is 0. The fourth-order valence-electron chi connectivity index (χ4n) is 4.77. The van der Waals surface area contributed by atoms with Crippen LogP contribution in [0.5, 0.6) is 0 Å². The van der Waals surface area contributed by atoms with Crippen LogP contribution in [0, 0.1) is 25.2 Å². The van der Waals surface area contributed by atoms with E-state index < -0.39 is 22.9 Å². The van der Waals surface area contributed by atoms with Crippen molar-refractivity contribution in [2.75, 3.05) is 32.5 Å². The molecule has 0 aliphatic heterocycles. The number of urea groups is 1. The van der Waals surface area contributed by atoms with E-state index in [1.165, 1.54) is 10.6 Å². The molecular formula is C33H32F3N5O2. The molecular weight excluding hydrogens is 555 g/mol. The van der Waals surface area contributed by atoms with E-state index in [0.717, 1.165) is 22.8 Å². The number of rotatable bonds is 8. The number of anilines is 1. The number of amides is 2. The topological polar surface area (TPSA) is 90.2 Å². The maximum absolute atomic E-state index is 14.0. The minimum atomic E-state index is -4.90. The van der Waals surface area contributed by atoms with E-state index in [1.54, 1.807) is 42.5 Å². The minimum absolute atomic E-state index is 0.0142. The van der Waals surface area contributed by atoms with E-state index in [1.807, 2.05) is 57.1 Å². The van der Waals surface area contributed by atoms with Crippen molar-refractivity contribution in [3.05, 3.63) is 111 Å². The summed E-state index contributed by atoms with van der Waals surface area (Å²) < 4.78 is 43.4. The quantitative estimate of drug-likeness (QED) is 0.249. The summed E-state index contributed by atoms with van der Waals surface area (Å²) in [5, 5.41) is 15.1. The first-order valence-electron chi connectivity index (χ1n) is 13.6. The highest BCUT2D eigenvalue weighted by molar-refractivity contribution is 5.90. The Balaban J connectivity index is 1.78. The molecule has 0 aliphatic carbocycles. The van der Waals surface area contributed by atoms with E-state index in [9.17, 15) is 28.0 Å². The Kier molecular flexibility index (Phi) is 9.37. The fourth-order valence-corrected chi connectivity index (χ4v) is 4.77. The summed E-state index contributed by atoms with van der Waals surface area (Å²) in [7, 11) is 3.81. The molecule has 4 aromatic rings. The van der Waals surface area contributed by atoms with Crippen LogP contribution >= 0.6 is 0 Å². The Morgan fingerprint density at radius 1 is 0.953 bits per heavy atom. The highest BCUT2D eigenvalue weighted by Crippen LogP contribution is 2.35. The third-order valence-electron chi connectivity index (χ3n) is 7.00. The van der Waals surface area contributed by atoms with Crippen molar-refractivity contribution in [3.63, 3.8) is 0 Å². The van der Waals surface area contributed by atoms with E-state index in [-0.39, 0.29) is 18.3 Å². The number of alkyl halides is 3. The number of carbonyl (C=O) groups is 1. The molecule has 0 unspecified atom stereocenters. The maximum atomic E-state index is 14.0. The van der Waals surface area contributed by atoms with Gasteiger partial charge in [0.1, 0.15) is 11.6 Å². The molecule has 2 amide bonds. The third-order valence-corrected chi connectivity index (χ3v) is 7.00. The summed E-state index contributed by atoms with van der Waals surface area (Å²) in [5.41, 5.74) is 1.72. The smallest absolute Gasteiger partial charge is 0.337 e. The lowest BCUT2D eigenvalue weighted by Crippen LogP contribution is -2.34. The molecule has 0 fully saturated rings. The second-order valence-electron chi connectivity index (χ2n) is 10.6. The van der Waals surface area contributed by atoms with Gasteiger partial charge >= 0.3 is 12.2 Å². The van der Waals surface area contributed by atoms with Crippen LogP contribution < -0.4 is 16.2 Å². The summed E-state index contributed by atoms with van der Waals surface area (Å²) in [6, 6.07) is 21.5. The number of carbonyl (C=O) groups excluding carboxylic acids is 1. The summed E-state index contributed by atoms with van der Waals surface area (Å²) in [6.45, 7) is 4.93. The van der Waals surface area contributed by atoms with Gasteiger partial charge in [0.15, 0.2) is 0 Å². The Morgan fingerprint density at radius 3 is 2.28 bits per heavy atom.